The number of carbonyl (C=O) groups excluding carboxylic acids is 1. The van der Waals surface area contributed by atoms with Crippen LogP contribution in [0.15, 0.2) is 53.5 Å². The molecule has 1 fully saturated rings. The van der Waals surface area contributed by atoms with Gasteiger partial charge in [0.2, 0.25) is 0 Å². The summed E-state index contributed by atoms with van der Waals surface area (Å²) in [5.41, 5.74) is 0.731. The molecule has 6 heteroatoms. The van der Waals surface area contributed by atoms with Gasteiger partial charge in [0.15, 0.2) is 11.4 Å². The van der Waals surface area contributed by atoms with Gasteiger partial charge in [-0.1, -0.05) is 18.2 Å². The van der Waals surface area contributed by atoms with Gasteiger partial charge in [0.1, 0.15) is 5.69 Å². The summed E-state index contributed by atoms with van der Waals surface area (Å²) in [6, 6.07) is 13.1. The third kappa shape index (κ3) is 3.50. The molecule has 0 spiro atoms. The molecule has 0 amide bonds. The molecule has 0 aliphatic carbocycles. The summed E-state index contributed by atoms with van der Waals surface area (Å²) < 4.78 is 7.48. The van der Waals surface area contributed by atoms with Crippen LogP contribution in [0, 0.1) is 5.41 Å². The van der Waals surface area contributed by atoms with Crippen molar-refractivity contribution in [1.29, 1.82) is 0 Å². The van der Waals surface area contributed by atoms with Crippen molar-refractivity contribution in [1.82, 2.24) is 9.55 Å². The van der Waals surface area contributed by atoms with E-state index in [9.17, 15) is 9.59 Å². The Kier molecular flexibility index (Phi) is 4.86. The van der Waals surface area contributed by atoms with Crippen molar-refractivity contribution in [3.05, 3.63) is 59.0 Å². The highest BCUT2D eigenvalue weighted by Gasteiger charge is 2.30. The van der Waals surface area contributed by atoms with Crippen molar-refractivity contribution in [3.63, 3.8) is 0 Å². The molecule has 0 N–H and O–H groups in total. The number of hydrogen-bond acceptors (Lipinski definition) is 5. The van der Waals surface area contributed by atoms with Crippen LogP contribution in [-0.2, 0) is 4.79 Å². The van der Waals surface area contributed by atoms with E-state index in [4.69, 9.17) is 4.74 Å². The van der Waals surface area contributed by atoms with Crippen molar-refractivity contribution < 1.29 is 9.53 Å². The molecule has 0 unspecified atom stereocenters. The first-order chi connectivity index (χ1) is 13.9. The van der Waals surface area contributed by atoms with E-state index in [2.05, 4.69) is 4.98 Å². The minimum atomic E-state index is -0.689. The second kappa shape index (κ2) is 7.35. The van der Waals surface area contributed by atoms with Crippen LogP contribution in [-0.4, -0.2) is 28.6 Å². The Morgan fingerprint density at radius 3 is 2.38 bits per heavy atom. The molecule has 1 saturated heterocycles. The first-order valence-corrected chi connectivity index (χ1v) is 9.94. The van der Waals surface area contributed by atoms with E-state index in [-0.39, 0.29) is 11.5 Å². The van der Waals surface area contributed by atoms with Gasteiger partial charge in [-0.3, -0.25) is 14.2 Å². The molecule has 0 saturated carbocycles. The fraction of sp³-hybridized carbons (Fsp3) is 0.348. The molecule has 29 heavy (non-hydrogen) atoms. The Hall–Kier alpha value is -3.15. The van der Waals surface area contributed by atoms with Gasteiger partial charge in [-0.2, -0.15) is 0 Å². The molecule has 0 radical (unpaired) electrons. The predicted octanol–water partition coefficient (Wildman–Crippen LogP) is 3.94. The Morgan fingerprint density at radius 1 is 1.03 bits per heavy atom. The lowest BCUT2D eigenvalue weighted by Gasteiger charge is -2.25. The molecule has 2 aromatic heterocycles. The standard InChI is InChI=1S/C23H25N3O3/c1-23(2,3)22(28)29-19-17-12-9-13-24-20(17)26(16-10-5-4-6-11-16)21(27)18(19)25-14-7-8-15-25/h4-6,9-13H,7-8,14-15H2,1-3H3. The number of rotatable bonds is 3. The van der Waals surface area contributed by atoms with Gasteiger partial charge in [0.05, 0.1) is 16.5 Å². The van der Waals surface area contributed by atoms with Crippen molar-refractivity contribution in [2.24, 2.45) is 5.41 Å². The Bertz CT molecular complexity index is 1110. The zero-order valence-corrected chi connectivity index (χ0v) is 17.0. The van der Waals surface area contributed by atoms with E-state index in [1.807, 2.05) is 41.3 Å². The number of benzene rings is 1. The van der Waals surface area contributed by atoms with E-state index in [1.165, 1.54) is 0 Å². The lowest BCUT2D eigenvalue weighted by Crippen LogP contribution is -2.33. The maximum atomic E-state index is 13.7. The Morgan fingerprint density at radius 2 is 1.72 bits per heavy atom. The van der Waals surface area contributed by atoms with E-state index in [1.54, 1.807) is 37.6 Å². The monoisotopic (exact) mass is 391 g/mol. The summed E-state index contributed by atoms with van der Waals surface area (Å²) in [6.07, 6.45) is 3.65. The van der Waals surface area contributed by atoms with Gasteiger partial charge in [-0.25, -0.2) is 4.98 Å². The molecule has 4 rings (SSSR count). The summed E-state index contributed by atoms with van der Waals surface area (Å²) in [6.45, 7) is 6.93. The summed E-state index contributed by atoms with van der Waals surface area (Å²) in [7, 11) is 0. The van der Waals surface area contributed by atoms with Gasteiger partial charge >= 0.3 is 5.97 Å². The minimum absolute atomic E-state index is 0.221. The number of hydrogen-bond donors (Lipinski definition) is 0. The normalized spacial score (nSPS) is 14.4. The second-order valence-electron chi connectivity index (χ2n) is 8.36. The van der Waals surface area contributed by atoms with Crippen LogP contribution >= 0.6 is 0 Å². The number of ether oxygens (including phenoxy) is 1. The van der Waals surface area contributed by atoms with Gasteiger partial charge in [0.25, 0.3) is 5.56 Å². The molecular weight excluding hydrogens is 366 g/mol. The van der Waals surface area contributed by atoms with Gasteiger partial charge in [-0.15, -0.1) is 0 Å². The number of fused-ring (bicyclic) bond motifs is 1. The molecule has 6 nitrogen and oxygen atoms in total. The molecule has 3 heterocycles. The number of esters is 1. The van der Waals surface area contributed by atoms with Crippen LogP contribution in [0.2, 0.25) is 0 Å². The van der Waals surface area contributed by atoms with Crippen LogP contribution in [0.1, 0.15) is 33.6 Å². The summed E-state index contributed by atoms with van der Waals surface area (Å²) in [4.78, 5) is 33.0. The molecular formula is C23H25N3O3. The highest BCUT2D eigenvalue weighted by Crippen LogP contribution is 2.36. The van der Waals surface area contributed by atoms with Crippen molar-refractivity contribution in [2.75, 3.05) is 18.0 Å². The number of aromatic nitrogens is 2. The van der Waals surface area contributed by atoms with Crippen LogP contribution in [0.25, 0.3) is 16.7 Å². The third-order valence-corrected chi connectivity index (χ3v) is 5.11. The lowest BCUT2D eigenvalue weighted by molar-refractivity contribution is -0.142. The number of para-hydroxylation sites is 1. The highest BCUT2D eigenvalue weighted by atomic mass is 16.5. The van der Waals surface area contributed by atoms with E-state index < -0.39 is 5.41 Å². The Balaban J connectivity index is 2.05. The van der Waals surface area contributed by atoms with Gasteiger partial charge in [-0.05, 0) is 57.9 Å². The molecule has 0 atom stereocenters. The summed E-state index contributed by atoms with van der Waals surface area (Å²) in [5.74, 6) is -0.0629. The maximum absolute atomic E-state index is 13.7. The quantitative estimate of drug-likeness (QED) is 0.633. The van der Waals surface area contributed by atoms with Crippen LogP contribution in [0.3, 0.4) is 0 Å². The minimum Gasteiger partial charge on any atom is -0.423 e. The predicted molar refractivity (Wildman–Crippen MR) is 114 cm³/mol. The largest absolute Gasteiger partial charge is 0.423 e. The van der Waals surface area contributed by atoms with E-state index >= 15 is 0 Å². The maximum Gasteiger partial charge on any atom is 0.316 e. The SMILES string of the molecule is CC(C)(C)C(=O)Oc1c(N2CCCC2)c(=O)n(-c2ccccc2)c2ncccc12. The highest BCUT2D eigenvalue weighted by molar-refractivity contribution is 5.93. The van der Waals surface area contributed by atoms with Crippen molar-refractivity contribution in [2.45, 2.75) is 33.6 Å². The average Bonchev–Trinajstić information content (AvgIpc) is 3.22. The fourth-order valence-electron chi connectivity index (χ4n) is 3.56. The molecule has 0 bridgehead atoms. The summed E-state index contributed by atoms with van der Waals surface area (Å²) >= 11 is 0. The third-order valence-electron chi connectivity index (χ3n) is 5.11. The topological polar surface area (TPSA) is 64.4 Å². The molecule has 1 aromatic carbocycles. The van der Waals surface area contributed by atoms with E-state index in [0.29, 0.717) is 22.5 Å². The second-order valence-corrected chi connectivity index (χ2v) is 8.36. The molecule has 1 aliphatic rings. The number of anilines is 1. The number of carbonyl (C=O) groups is 1. The number of pyridine rings is 2. The van der Waals surface area contributed by atoms with Crippen LogP contribution in [0.5, 0.6) is 5.75 Å². The first-order valence-electron chi connectivity index (χ1n) is 9.94. The average molecular weight is 391 g/mol. The van der Waals surface area contributed by atoms with Gasteiger partial charge < -0.3 is 9.64 Å². The van der Waals surface area contributed by atoms with Gasteiger partial charge in [0, 0.05) is 19.3 Å². The van der Waals surface area contributed by atoms with Crippen molar-refractivity contribution in [3.8, 4) is 11.4 Å². The lowest BCUT2D eigenvalue weighted by atomic mass is 9.97. The van der Waals surface area contributed by atoms with Crippen LogP contribution in [0.4, 0.5) is 5.69 Å². The van der Waals surface area contributed by atoms with Crippen LogP contribution < -0.4 is 15.2 Å². The smallest absolute Gasteiger partial charge is 0.316 e. The zero-order chi connectivity index (χ0) is 20.6. The Labute approximate surface area is 169 Å². The van der Waals surface area contributed by atoms with Crippen molar-refractivity contribution >= 4 is 22.7 Å². The molecule has 3 aromatic rings. The molecule has 1 aliphatic heterocycles. The zero-order valence-electron chi connectivity index (χ0n) is 17.0. The number of nitrogens with zero attached hydrogens (tertiary/aromatic N) is 3. The first kappa shape index (κ1) is 19.2. The fourth-order valence-corrected chi connectivity index (χ4v) is 3.56. The van der Waals surface area contributed by atoms with E-state index in [0.717, 1.165) is 31.6 Å². The summed E-state index contributed by atoms with van der Waals surface area (Å²) in [5, 5.41) is 0.649. The molecule has 150 valence electrons.